The summed E-state index contributed by atoms with van der Waals surface area (Å²) in [6.45, 7) is 38.7. The van der Waals surface area contributed by atoms with Gasteiger partial charge in [0.15, 0.2) is 0 Å². The molecule has 1 aliphatic heterocycles. The summed E-state index contributed by atoms with van der Waals surface area (Å²) in [6, 6.07) is 22.1. The Balaban J connectivity index is 0.000000249. The van der Waals surface area contributed by atoms with Crippen molar-refractivity contribution in [1.82, 2.24) is 20.1 Å². The van der Waals surface area contributed by atoms with E-state index in [0.717, 1.165) is 120 Å². The van der Waals surface area contributed by atoms with E-state index in [2.05, 4.69) is 117 Å². The number of pyridine rings is 1. The van der Waals surface area contributed by atoms with Crippen molar-refractivity contribution in [2.45, 2.75) is 117 Å². The summed E-state index contributed by atoms with van der Waals surface area (Å²) >= 11 is 1.88. The van der Waals surface area contributed by atoms with Crippen LogP contribution in [0.5, 0.6) is 0 Å². The summed E-state index contributed by atoms with van der Waals surface area (Å²) in [4.78, 5) is 13.1. The smallest absolute Gasteiger partial charge is 0.256 e. The highest BCUT2D eigenvalue weighted by molar-refractivity contribution is 7.16. The monoisotopic (exact) mass is 958 g/mol. The number of unbranched alkanes of at least 4 members (excludes halogenated alkanes) is 2. The lowest BCUT2D eigenvalue weighted by Crippen LogP contribution is -2.43. The first-order valence-electron chi connectivity index (χ1n) is 25.0. The van der Waals surface area contributed by atoms with Gasteiger partial charge in [0.25, 0.3) is 5.92 Å². The number of halogens is 2. The van der Waals surface area contributed by atoms with Crippen molar-refractivity contribution in [2.75, 3.05) is 57.0 Å². The molecule has 0 amide bonds. The minimum atomic E-state index is -2.64. The fraction of sp³-hybridized carbons (Fsp3) is 0.441. The van der Waals surface area contributed by atoms with E-state index in [1.165, 1.54) is 35.6 Å². The normalized spacial score (nSPS) is 15.7. The number of aromatic nitrogens is 1. The molecule has 372 valence electrons. The van der Waals surface area contributed by atoms with E-state index >= 15 is 0 Å². The van der Waals surface area contributed by atoms with Crippen LogP contribution in [0.15, 0.2) is 135 Å². The average molecular weight is 958 g/mol. The molecule has 0 spiro atoms. The minimum absolute atomic E-state index is 0.163. The van der Waals surface area contributed by atoms with Crippen LogP contribution in [0.2, 0.25) is 0 Å². The lowest BCUT2D eigenvalue weighted by Gasteiger charge is -2.38. The molecule has 7 nitrogen and oxygen atoms in total. The van der Waals surface area contributed by atoms with Crippen LogP contribution in [-0.2, 0) is 24.7 Å². The van der Waals surface area contributed by atoms with E-state index < -0.39 is 5.92 Å². The Morgan fingerprint density at radius 3 is 2.38 bits per heavy atom. The van der Waals surface area contributed by atoms with Gasteiger partial charge in [0.2, 0.25) is 0 Å². The van der Waals surface area contributed by atoms with Crippen LogP contribution in [0.1, 0.15) is 112 Å². The predicted octanol–water partition coefficient (Wildman–Crippen LogP) is 14.1. The standard InChI is InChI=1S/C29H48N4S.C28H27F2N3.C2H6/c1-9-10-11-18-29(5,6)23-30-24(2)14-15-27-16-17-28(34-27)33-21-20-32(22-26(33)4)25(3)13-12-19-31(7)8;1-17-7-10-25(33-26(17)21-6-4-5-20(13-21)18(2)31)32-19(3)27(11-12-27)24-9-8-22-15-28(29,30)16-23(22)14-24;1-2/h12-13,16-17,30H,2-4,9-11,14-15,18-23H2,1,5-8H3;4-10,13-14H,2-3,11-12,15-16,31H2,1H3,(H,32,33);1-2H3/b13-12+;;. The number of anilines is 2. The highest BCUT2D eigenvalue weighted by atomic mass is 32.1. The zero-order valence-corrected chi connectivity index (χ0v) is 44.0. The number of fused-ring (bicyclic) bond motifs is 1. The third-order valence-corrected chi connectivity index (χ3v) is 14.4. The molecule has 10 heteroatoms. The molecule has 3 heterocycles. The van der Waals surface area contributed by atoms with Crippen molar-refractivity contribution in [3.05, 3.63) is 167 Å². The second kappa shape index (κ2) is 24.4. The fourth-order valence-corrected chi connectivity index (χ4v) is 9.97. The van der Waals surface area contributed by atoms with Gasteiger partial charge in [-0.25, -0.2) is 13.8 Å². The van der Waals surface area contributed by atoms with Gasteiger partial charge in [-0.15, -0.1) is 11.3 Å². The van der Waals surface area contributed by atoms with Crippen molar-refractivity contribution in [2.24, 2.45) is 11.1 Å². The zero-order valence-electron chi connectivity index (χ0n) is 43.2. The van der Waals surface area contributed by atoms with Gasteiger partial charge in [0.1, 0.15) is 5.82 Å². The number of nitrogens with one attached hydrogen (secondary N) is 2. The number of nitrogens with zero attached hydrogens (tertiary/aromatic N) is 4. The van der Waals surface area contributed by atoms with Crippen molar-refractivity contribution in [3.63, 3.8) is 0 Å². The molecular weight excluding hydrogens is 877 g/mol. The number of aryl methyl sites for hydroxylation is 2. The first-order chi connectivity index (χ1) is 32.8. The number of benzene rings is 2. The van der Waals surface area contributed by atoms with Crippen LogP contribution in [0, 0.1) is 12.3 Å². The SMILES string of the molecule is C=C(CCc1ccc(N2CCN(C(=C)/C=C/CN(C)C)CC2=C)s1)NCC(C)(C)CCCCC.C=C(N)c1cccc(-c2nc(NC(=C)C3(c4ccc5c(c4)CC(F)(F)C5)CC3)ccc2C)c1.CC. The Labute approximate surface area is 418 Å². The summed E-state index contributed by atoms with van der Waals surface area (Å²) in [5, 5.41) is 8.30. The second-order valence-electron chi connectivity index (χ2n) is 20.0. The lowest BCUT2D eigenvalue weighted by molar-refractivity contribution is 0.0130. The number of hydrogen-bond donors (Lipinski definition) is 3. The van der Waals surface area contributed by atoms with Gasteiger partial charge < -0.3 is 31.1 Å². The average Bonchev–Trinajstić information content (AvgIpc) is 3.89. The third-order valence-electron chi connectivity index (χ3n) is 13.3. The first kappa shape index (κ1) is 54.5. The van der Waals surface area contributed by atoms with Crippen molar-refractivity contribution >= 4 is 27.9 Å². The second-order valence-corrected chi connectivity index (χ2v) is 21.1. The van der Waals surface area contributed by atoms with E-state index in [0.29, 0.717) is 16.9 Å². The Morgan fingerprint density at radius 2 is 1.70 bits per heavy atom. The van der Waals surface area contributed by atoms with Crippen LogP contribution in [0.4, 0.5) is 19.6 Å². The highest BCUT2D eigenvalue weighted by Crippen LogP contribution is 2.54. The molecule has 7 rings (SSSR count). The topological polar surface area (TPSA) is 72.7 Å². The molecule has 2 aliphatic carbocycles. The quantitative estimate of drug-likeness (QED) is 0.0568. The van der Waals surface area contributed by atoms with E-state index in [4.69, 9.17) is 10.7 Å². The molecule has 69 heavy (non-hydrogen) atoms. The summed E-state index contributed by atoms with van der Waals surface area (Å²) in [7, 11) is 4.15. The molecular formula is C59H81F2N7S. The molecule has 3 aliphatic rings. The van der Waals surface area contributed by atoms with Gasteiger partial charge in [-0.2, -0.15) is 0 Å². The van der Waals surface area contributed by atoms with Gasteiger partial charge in [-0.05, 0) is 117 Å². The number of alkyl halides is 2. The number of rotatable bonds is 21. The van der Waals surface area contributed by atoms with E-state index in [1.807, 2.05) is 86.7 Å². The highest BCUT2D eigenvalue weighted by Gasteiger charge is 2.48. The number of allylic oxidation sites excluding steroid dienone is 3. The Morgan fingerprint density at radius 1 is 0.957 bits per heavy atom. The molecule has 4 N–H and O–H groups in total. The van der Waals surface area contributed by atoms with Crippen LogP contribution < -0.4 is 21.3 Å². The van der Waals surface area contributed by atoms with Crippen LogP contribution in [-0.4, -0.2) is 67.5 Å². The maximum absolute atomic E-state index is 13.9. The zero-order chi connectivity index (χ0) is 50.5. The minimum Gasteiger partial charge on any atom is -0.399 e. The summed E-state index contributed by atoms with van der Waals surface area (Å²) in [5.74, 6) is -1.93. The molecule has 0 bridgehead atoms. The van der Waals surface area contributed by atoms with E-state index in [9.17, 15) is 8.78 Å². The molecule has 2 fully saturated rings. The van der Waals surface area contributed by atoms with Crippen molar-refractivity contribution in [1.29, 1.82) is 0 Å². The van der Waals surface area contributed by atoms with Crippen molar-refractivity contribution in [3.8, 4) is 11.3 Å². The Hall–Kier alpha value is -5.45. The van der Waals surface area contributed by atoms with E-state index in [1.54, 1.807) is 0 Å². The summed E-state index contributed by atoms with van der Waals surface area (Å²) < 4.78 is 27.7. The first-order valence-corrected chi connectivity index (χ1v) is 25.8. The van der Waals surface area contributed by atoms with Gasteiger partial charge in [0, 0.05) is 83.4 Å². The maximum Gasteiger partial charge on any atom is 0.256 e. The van der Waals surface area contributed by atoms with Gasteiger partial charge in [0.05, 0.1) is 17.2 Å². The molecule has 0 unspecified atom stereocenters. The molecule has 0 radical (unpaired) electrons. The van der Waals surface area contributed by atoms with Crippen LogP contribution in [0.25, 0.3) is 17.0 Å². The van der Waals surface area contributed by atoms with Crippen molar-refractivity contribution < 1.29 is 8.78 Å². The number of piperazine rings is 1. The largest absolute Gasteiger partial charge is 0.399 e. The van der Waals surface area contributed by atoms with E-state index in [-0.39, 0.29) is 18.3 Å². The molecule has 2 aromatic carbocycles. The Kier molecular flexibility index (Phi) is 19.3. The fourth-order valence-electron chi connectivity index (χ4n) is 8.90. The summed E-state index contributed by atoms with van der Waals surface area (Å²) in [5.41, 5.74) is 17.0. The Bertz CT molecular complexity index is 2460. The van der Waals surface area contributed by atoms with Gasteiger partial charge in [-0.3, -0.25) is 0 Å². The lowest BCUT2D eigenvalue weighted by atomic mass is 9.87. The predicted molar refractivity (Wildman–Crippen MR) is 294 cm³/mol. The number of hydrogen-bond acceptors (Lipinski definition) is 8. The van der Waals surface area contributed by atoms with Crippen LogP contribution in [0.3, 0.4) is 0 Å². The molecule has 0 atom stereocenters. The number of likely N-dealkylation sites (N-methyl/N-ethyl adjacent to an activating group) is 1. The van der Waals surface area contributed by atoms with Gasteiger partial charge >= 0.3 is 0 Å². The number of thiophene rings is 1. The summed E-state index contributed by atoms with van der Waals surface area (Å²) in [6.07, 6.45) is 13.0. The molecule has 1 saturated carbocycles. The number of nitrogens with two attached hydrogens (primary N) is 1. The molecule has 2 aromatic heterocycles. The van der Waals surface area contributed by atoms with Crippen LogP contribution >= 0.6 is 11.3 Å². The maximum atomic E-state index is 13.9. The third kappa shape index (κ3) is 15.3. The molecule has 4 aromatic rings. The van der Waals surface area contributed by atoms with Gasteiger partial charge in [-0.1, -0.05) is 135 Å². The molecule has 1 saturated heterocycles.